The Morgan fingerprint density at radius 3 is 2.53 bits per heavy atom. The molecule has 0 unspecified atom stereocenters. The first kappa shape index (κ1) is 14.0. The van der Waals surface area contributed by atoms with Crippen LogP contribution in [0.5, 0.6) is 0 Å². The Bertz CT molecular complexity index is 396. The van der Waals surface area contributed by atoms with E-state index in [0.29, 0.717) is 18.5 Å². The van der Waals surface area contributed by atoms with E-state index in [1.165, 1.54) is 0 Å². The fourth-order valence-electron chi connectivity index (χ4n) is 2.01. The number of rotatable bonds is 3. The molecule has 0 amide bonds. The summed E-state index contributed by atoms with van der Waals surface area (Å²) in [5, 5.41) is 6.33. The van der Waals surface area contributed by atoms with E-state index in [1.807, 2.05) is 0 Å². The third-order valence-electron chi connectivity index (χ3n) is 3.25. The molecule has 1 aromatic heterocycles. The standard InChI is InChI=1S/C12H17F3N4/c1-8-2-3-10(16-4-8)7-19-11-17-5-9(6-18-11)12(13,14)15/h5-6,8,10,16H,2-4,7H2,1H3,(H,17,18,19)/t8-,10-/m0/s1. The molecule has 0 aliphatic carbocycles. The molecule has 1 aliphatic heterocycles. The van der Waals surface area contributed by atoms with Crippen LogP contribution in [0.4, 0.5) is 19.1 Å². The number of nitrogens with one attached hydrogen (secondary N) is 2. The van der Waals surface area contributed by atoms with Gasteiger partial charge in [-0.1, -0.05) is 6.92 Å². The highest BCUT2D eigenvalue weighted by Crippen LogP contribution is 2.28. The Kier molecular flexibility index (Phi) is 4.24. The summed E-state index contributed by atoms with van der Waals surface area (Å²) in [5.41, 5.74) is -0.831. The van der Waals surface area contributed by atoms with Gasteiger partial charge in [0.1, 0.15) is 0 Å². The zero-order valence-corrected chi connectivity index (χ0v) is 10.7. The number of anilines is 1. The van der Waals surface area contributed by atoms with Crippen molar-refractivity contribution in [2.75, 3.05) is 18.4 Å². The average molecular weight is 274 g/mol. The summed E-state index contributed by atoms with van der Waals surface area (Å²) in [6.45, 7) is 3.79. The largest absolute Gasteiger partial charge is 0.419 e. The molecule has 1 aromatic rings. The first-order chi connectivity index (χ1) is 8.95. The SMILES string of the molecule is C[C@H]1CC[C@@H](CNc2ncc(C(F)(F)F)cn2)NC1. The van der Waals surface area contributed by atoms with Gasteiger partial charge in [-0.05, 0) is 25.3 Å². The summed E-state index contributed by atoms with van der Waals surface area (Å²) in [5.74, 6) is 0.909. The zero-order chi connectivity index (χ0) is 13.9. The molecule has 106 valence electrons. The summed E-state index contributed by atoms with van der Waals surface area (Å²) in [7, 11) is 0. The molecule has 0 aromatic carbocycles. The monoisotopic (exact) mass is 274 g/mol. The van der Waals surface area contributed by atoms with Crippen molar-refractivity contribution in [3.8, 4) is 0 Å². The van der Waals surface area contributed by atoms with Gasteiger partial charge < -0.3 is 10.6 Å². The van der Waals surface area contributed by atoms with Crippen LogP contribution >= 0.6 is 0 Å². The molecular formula is C12H17F3N4. The van der Waals surface area contributed by atoms with Crippen molar-refractivity contribution in [2.24, 2.45) is 5.92 Å². The van der Waals surface area contributed by atoms with Gasteiger partial charge in [0.2, 0.25) is 5.95 Å². The van der Waals surface area contributed by atoms with Crippen LogP contribution in [-0.4, -0.2) is 29.1 Å². The van der Waals surface area contributed by atoms with Crippen molar-refractivity contribution >= 4 is 5.95 Å². The number of halogens is 3. The molecule has 2 heterocycles. The molecule has 1 saturated heterocycles. The number of aromatic nitrogens is 2. The molecule has 2 N–H and O–H groups in total. The first-order valence-electron chi connectivity index (χ1n) is 6.31. The molecule has 0 radical (unpaired) electrons. The number of piperidine rings is 1. The minimum Gasteiger partial charge on any atom is -0.353 e. The fourth-order valence-corrected chi connectivity index (χ4v) is 2.01. The molecule has 7 heteroatoms. The van der Waals surface area contributed by atoms with Crippen molar-refractivity contribution in [1.82, 2.24) is 15.3 Å². The van der Waals surface area contributed by atoms with E-state index >= 15 is 0 Å². The minimum atomic E-state index is -4.39. The Labute approximate surface area is 109 Å². The Morgan fingerprint density at radius 1 is 1.32 bits per heavy atom. The molecule has 0 saturated carbocycles. The third kappa shape index (κ3) is 4.05. The Balaban J connectivity index is 1.83. The van der Waals surface area contributed by atoms with Crippen molar-refractivity contribution in [2.45, 2.75) is 32.0 Å². The van der Waals surface area contributed by atoms with Crippen LogP contribution in [0.25, 0.3) is 0 Å². The van der Waals surface area contributed by atoms with E-state index in [1.54, 1.807) is 0 Å². The van der Waals surface area contributed by atoms with Gasteiger partial charge in [0.25, 0.3) is 0 Å². The van der Waals surface area contributed by atoms with Gasteiger partial charge in [0.05, 0.1) is 5.56 Å². The topological polar surface area (TPSA) is 49.8 Å². The third-order valence-corrected chi connectivity index (χ3v) is 3.25. The fraction of sp³-hybridized carbons (Fsp3) is 0.667. The van der Waals surface area contributed by atoms with E-state index < -0.39 is 11.7 Å². The number of alkyl halides is 3. The maximum absolute atomic E-state index is 12.3. The number of hydrogen-bond acceptors (Lipinski definition) is 4. The summed E-state index contributed by atoms with van der Waals surface area (Å²) in [6, 6.07) is 0.321. The van der Waals surface area contributed by atoms with Crippen LogP contribution in [0.3, 0.4) is 0 Å². The number of hydrogen-bond donors (Lipinski definition) is 2. The molecule has 0 bridgehead atoms. The lowest BCUT2D eigenvalue weighted by atomic mass is 9.96. The predicted molar refractivity (Wildman–Crippen MR) is 65.7 cm³/mol. The molecule has 1 aliphatic rings. The van der Waals surface area contributed by atoms with Crippen LogP contribution in [-0.2, 0) is 6.18 Å². The van der Waals surface area contributed by atoms with Crippen molar-refractivity contribution < 1.29 is 13.2 Å². The second-order valence-electron chi connectivity index (χ2n) is 4.96. The lowest BCUT2D eigenvalue weighted by molar-refractivity contribution is -0.138. The van der Waals surface area contributed by atoms with Gasteiger partial charge in [-0.15, -0.1) is 0 Å². The lowest BCUT2D eigenvalue weighted by Gasteiger charge is -2.27. The summed E-state index contributed by atoms with van der Waals surface area (Å²) < 4.78 is 37.0. The second-order valence-corrected chi connectivity index (χ2v) is 4.96. The molecule has 4 nitrogen and oxygen atoms in total. The maximum Gasteiger partial charge on any atom is 0.419 e. The number of nitrogens with zero attached hydrogens (tertiary/aromatic N) is 2. The summed E-state index contributed by atoms with van der Waals surface area (Å²) >= 11 is 0. The molecule has 2 rings (SSSR count). The summed E-state index contributed by atoms with van der Waals surface area (Å²) in [4.78, 5) is 7.35. The molecular weight excluding hydrogens is 257 g/mol. The first-order valence-corrected chi connectivity index (χ1v) is 6.31. The Hall–Kier alpha value is -1.37. The van der Waals surface area contributed by atoms with E-state index in [0.717, 1.165) is 31.8 Å². The van der Waals surface area contributed by atoms with Gasteiger partial charge in [0.15, 0.2) is 0 Å². The highest BCUT2D eigenvalue weighted by molar-refractivity contribution is 5.25. The maximum atomic E-state index is 12.3. The van der Waals surface area contributed by atoms with Crippen LogP contribution < -0.4 is 10.6 Å². The quantitative estimate of drug-likeness (QED) is 0.888. The van der Waals surface area contributed by atoms with Gasteiger partial charge >= 0.3 is 6.18 Å². The van der Waals surface area contributed by atoms with Crippen LogP contribution in [0.2, 0.25) is 0 Å². The van der Waals surface area contributed by atoms with E-state index in [2.05, 4.69) is 27.5 Å². The molecule has 0 spiro atoms. The van der Waals surface area contributed by atoms with Crippen molar-refractivity contribution in [1.29, 1.82) is 0 Å². The van der Waals surface area contributed by atoms with Crippen molar-refractivity contribution in [3.63, 3.8) is 0 Å². The smallest absolute Gasteiger partial charge is 0.353 e. The normalized spacial score (nSPS) is 24.2. The Morgan fingerprint density at radius 2 is 2.00 bits per heavy atom. The molecule has 19 heavy (non-hydrogen) atoms. The highest BCUT2D eigenvalue weighted by Gasteiger charge is 2.31. The van der Waals surface area contributed by atoms with Crippen molar-refractivity contribution in [3.05, 3.63) is 18.0 Å². The van der Waals surface area contributed by atoms with Gasteiger partial charge in [0, 0.05) is 25.0 Å². The van der Waals surface area contributed by atoms with Crippen LogP contribution in [0.1, 0.15) is 25.3 Å². The lowest BCUT2D eigenvalue weighted by Crippen LogP contribution is -2.42. The highest BCUT2D eigenvalue weighted by atomic mass is 19.4. The summed E-state index contributed by atoms with van der Waals surface area (Å²) in [6.07, 6.45) is -0.584. The second kappa shape index (κ2) is 5.73. The van der Waals surface area contributed by atoms with Gasteiger partial charge in [-0.3, -0.25) is 0 Å². The van der Waals surface area contributed by atoms with Crippen LogP contribution in [0, 0.1) is 5.92 Å². The molecule has 2 atom stereocenters. The van der Waals surface area contributed by atoms with E-state index in [-0.39, 0.29) is 5.95 Å². The van der Waals surface area contributed by atoms with E-state index in [9.17, 15) is 13.2 Å². The predicted octanol–water partition coefficient (Wildman–Crippen LogP) is 2.30. The van der Waals surface area contributed by atoms with Gasteiger partial charge in [-0.25, -0.2) is 9.97 Å². The minimum absolute atomic E-state index is 0.230. The zero-order valence-electron chi connectivity index (χ0n) is 10.7. The van der Waals surface area contributed by atoms with Crippen LogP contribution in [0.15, 0.2) is 12.4 Å². The average Bonchev–Trinajstić information content (AvgIpc) is 2.37. The van der Waals surface area contributed by atoms with E-state index in [4.69, 9.17) is 0 Å². The molecule has 1 fully saturated rings. The van der Waals surface area contributed by atoms with Gasteiger partial charge in [-0.2, -0.15) is 13.2 Å².